The predicted octanol–water partition coefficient (Wildman–Crippen LogP) is 2.57. The lowest BCUT2D eigenvalue weighted by molar-refractivity contribution is 0.00385. The lowest BCUT2D eigenvalue weighted by Crippen LogP contribution is -2.34. The van der Waals surface area contributed by atoms with Crippen molar-refractivity contribution in [2.24, 2.45) is 17.6 Å². The normalized spacial score (nSPS) is 30.6. The van der Waals surface area contributed by atoms with Crippen LogP contribution in [0.3, 0.4) is 0 Å². The molecule has 0 spiro atoms. The second-order valence-corrected chi connectivity index (χ2v) is 5.13. The summed E-state index contributed by atoms with van der Waals surface area (Å²) in [5.41, 5.74) is 5.94. The highest BCUT2D eigenvalue weighted by atomic mass is 16.5. The van der Waals surface area contributed by atoms with E-state index in [0.717, 1.165) is 12.5 Å². The van der Waals surface area contributed by atoms with E-state index in [1.807, 2.05) is 0 Å². The molecule has 0 radical (unpaired) electrons. The molecule has 84 valence electrons. The summed E-state index contributed by atoms with van der Waals surface area (Å²) in [6.07, 6.45) is 5.63. The Morgan fingerprint density at radius 1 is 1.36 bits per heavy atom. The predicted molar refractivity (Wildman–Crippen MR) is 60.2 cm³/mol. The zero-order valence-electron chi connectivity index (χ0n) is 9.83. The second kappa shape index (κ2) is 5.72. The van der Waals surface area contributed by atoms with Crippen LogP contribution in [0.1, 0.15) is 46.5 Å². The minimum Gasteiger partial charge on any atom is -0.377 e. The molecule has 1 fully saturated rings. The van der Waals surface area contributed by atoms with Gasteiger partial charge in [-0.1, -0.05) is 33.6 Å². The van der Waals surface area contributed by atoms with E-state index >= 15 is 0 Å². The molecule has 14 heavy (non-hydrogen) atoms. The Hall–Kier alpha value is -0.0800. The van der Waals surface area contributed by atoms with Crippen molar-refractivity contribution >= 4 is 0 Å². The summed E-state index contributed by atoms with van der Waals surface area (Å²) in [6, 6.07) is 0.201. The number of hydrogen-bond donors (Lipinski definition) is 1. The summed E-state index contributed by atoms with van der Waals surface area (Å²) in [6.45, 7) is 7.35. The van der Waals surface area contributed by atoms with Crippen LogP contribution in [-0.2, 0) is 4.74 Å². The molecule has 3 unspecified atom stereocenters. The largest absolute Gasteiger partial charge is 0.377 e. The van der Waals surface area contributed by atoms with Crippen molar-refractivity contribution in [3.05, 3.63) is 0 Å². The van der Waals surface area contributed by atoms with E-state index in [1.54, 1.807) is 0 Å². The Kier molecular flexibility index (Phi) is 4.90. The van der Waals surface area contributed by atoms with E-state index in [9.17, 15) is 0 Å². The van der Waals surface area contributed by atoms with E-state index < -0.39 is 0 Å². The van der Waals surface area contributed by atoms with Crippen LogP contribution < -0.4 is 5.73 Å². The SMILES string of the molecule is CC1CCCC(OCC(N)C(C)C)C1. The molecule has 0 aromatic heterocycles. The Bertz CT molecular complexity index is 158. The first-order valence-corrected chi connectivity index (χ1v) is 5.96. The van der Waals surface area contributed by atoms with Gasteiger partial charge in [-0.25, -0.2) is 0 Å². The molecule has 0 aromatic carbocycles. The lowest BCUT2D eigenvalue weighted by atomic mass is 9.88. The van der Waals surface area contributed by atoms with E-state index in [4.69, 9.17) is 10.5 Å². The van der Waals surface area contributed by atoms with Gasteiger partial charge in [-0.3, -0.25) is 0 Å². The summed E-state index contributed by atoms with van der Waals surface area (Å²) in [5.74, 6) is 1.36. The van der Waals surface area contributed by atoms with Crippen LogP contribution in [-0.4, -0.2) is 18.8 Å². The van der Waals surface area contributed by atoms with E-state index in [0.29, 0.717) is 12.0 Å². The Morgan fingerprint density at radius 3 is 2.64 bits per heavy atom. The molecule has 1 rings (SSSR count). The molecule has 0 saturated heterocycles. The second-order valence-electron chi connectivity index (χ2n) is 5.13. The van der Waals surface area contributed by atoms with Gasteiger partial charge in [-0.2, -0.15) is 0 Å². The summed E-state index contributed by atoms with van der Waals surface area (Å²) >= 11 is 0. The third-order valence-corrected chi connectivity index (χ3v) is 3.27. The van der Waals surface area contributed by atoms with Crippen LogP contribution >= 0.6 is 0 Å². The Balaban J connectivity index is 2.17. The van der Waals surface area contributed by atoms with E-state index in [2.05, 4.69) is 20.8 Å². The smallest absolute Gasteiger partial charge is 0.0623 e. The highest BCUT2D eigenvalue weighted by Crippen LogP contribution is 2.25. The highest BCUT2D eigenvalue weighted by molar-refractivity contribution is 4.72. The van der Waals surface area contributed by atoms with Crippen LogP contribution in [0.2, 0.25) is 0 Å². The van der Waals surface area contributed by atoms with Gasteiger partial charge in [0.15, 0.2) is 0 Å². The Morgan fingerprint density at radius 2 is 2.07 bits per heavy atom. The average molecular weight is 199 g/mol. The molecule has 0 aliphatic heterocycles. The van der Waals surface area contributed by atoms with Crippen LogP contribution in [0.4, 0.5) is 0 Å². The molecule has 0 amide bonds. The van der Waals surface area contributed by atoms with Crippen LogP contribution in [0, 0.1) is 11.8 Å². The zero-order valence-corrected chi connectivity index (χ0v) is 9.83. The van der Waals surface area contributed by atoms with E-state index in [-0.39, 0.29) is 6.04 Å². The fourth-order valence-corrected chi connectivity index (χ4v) is 1.97. The standard InChI is InChI=1S/C12H25NO/c1-9(2)12(13)8-14-11-6-4-5-10(3)7-11/h9-12H,4-8,13H2,1-3H3. The van der Waals surface area contributed by atoms with Gasteiger partial charge < -0.3 is 10.5 Å². The van der Waals surface area contributed by atoms with Gasteiger partial charge in [0, 0.05) is 6.04 Å². The molecule has 3 atom stereocenters. The van der Waals surface area contributed by atoms with Gasteiger partial charge in [0.1, 0.15) is 0 Å². The fraction of sp³-hybridized carbons (Fsp3) is 1.00. The zero-order chi connectivity index (χ0) is 10.6. The van der Waals surface area contributed by atoms with Crippen molar-refractivity contribution in [1.29, 1.82) is 0 Å². The quantitative estimate of drug-likeness (QED) is 0.755. The van der Waals surface area contributed by atoms with Crippen molar-refractivity contribution in [3.63, 3.8) is 0 Å². The van der Waals surface area contributed by atoms with Gasteiger partial charge in [0.2, 0.25) is 0 Å². The van der Waals surface area contributed by atoms with E-state index in [1.165, 1.54) is 25.7 Å². The minimum atomic E-state index is 0.201. The first-order valence-electron chi connectivity index (χ1n) is 5.96. The maximum absolute atomic E-state index is 5.94. The summed E-state index contributed by atoms with van der Waals surface area (Å²) in [5, 5.41) is 0. The molecule has 1 saturated carbocycles. The molecule has 2 N–H and O–H groups in total. The first kappa shape index (κ1) is 12.0. The topological polar surface area (TPSA) is 35.2 Å². The third-order valence-electron chi connectivity index (χ3n) is 3.27. The fourth-order valence-electron chi connectivity index (χ4n) is 1.97. The van der Waals surface area contributed by atoms with Crippen molar-refractivity contribution in [2.75, 3.05) is 6.61 Å². The van der Waals surface area contributed by atoms with Crippen LogP contribution in [0.25, 0.3) is 0 Å². The van der Waals surface area contributed by atoms with Crippen molar-refractivity contribution in [3.8, 4) is 0 Å². The number of ether oxygens (including phenoxy) is 1. The summed E-state index contributed by atoms with van der Waals surface area (Å²) in [4.78, 5) is 0. The highest BCUT2D eigenvalue weighted by Gasteiger charge is 2.20. The average Bonchev–Trinajstić information content (AvgIpc) is 2.14. The molecular formula is C12H25NO. The molecule has 0 aromatic rings. The van der Waals surface area contributed by atoms with Gasteiger partial charge >= 0.3 is 0 Å². The number of nitrogens with two attached hydrogens (primary N) is 1. The van der Waals surface area contributed by atoms with Gasteiger partial charge in [-0.05, 0) is 24.7 Å². The lowest BCUT2D eigenvalue weighted by Gasteiger charge is -2.28. The number of hydrogen-bond acceptors (Lipinski definition) is 2. The number of rotatable bonds is 4. The molecule has 2 nitrogen and oxygen atoms in total. The van der Waals surface area contributed by atoms with Gasteiger partial charge in [0.25, 0.3) is 0 Å². The Labute approximate surface area is 88.2 Å². The summed E-state index contributed by atoms with van der Waals surface area (Å²) in [7, 11) is 0. The van der Waals surface area contributed by atoms with Crippen molar-refractivity contribution < 1.29 is 4.74 Å². The minimum absolute atomic E-state index is 0.201. The monoisotopic (exact) mass is 199 g/mol. The maximum atomic E-state index is 5.94. The van der Waals surface area contributed by atoms with Crippen LogP contribution in [0.5, 0.6) is 0 Å². The summed E-state index contributed by atoms with van der Waals surface area (Å²) < 4.78 is 5.85. The molecule has 1 aliphatic rings. The molecular weight excluding hydrogens is 174 g/mol. The molecule has 0 bridgehead atoms. The van der Waals surface area contributed by atoms with Crippen molar-refractivity contribution in [2.45, 2.75) is 58.6 Å². The maximum Gasteiger partial charge on any atom is 0.0623 e. The third kappa shape index (κ3) is 3.97. The first-order chi connectivity index (χ1) is 6.59. The molecule has 2 heteroatoms. The van der Waals surface area contributed by atoms with Gasteiger partial charge in [0.05, 0.1) is 12.7 Å². The molecule has 1 aliphatic carbocycles. The molecule has 0 heterocycles. The van der Waals surface area contributed by atoms with Crippen molar-refractivity contribution in [1.82, 2.24) is 0 Å². The van der Waals surface area contributed by atoms with Crippen LogP contribution in [0.15, 0.2) is 0 Å². The van der Waals surface area contributed by atoms with Gasteiger partial charge in [-0.15, -0.1) is 0 Å².